The number of aryl methyl sites for hydroxylation is 2. The standard InChI is InChI=1S/C30H25N9O3/c1-16-9-10-38-25(16)30(41)39(21-7-5-4-6-8-21)28(37-38)17(2)34-27-24-23(14-31-26(24)32-15-33-27)19-11-20(13-22(40)12-19)29-36-35-18(3)42-29/h4-15,17,40H,1-3H3,(H2,31,32,33,34)/t17-/m0/s1. The number of aromatic amines is 1. The van der Waals surface area contributed by atoms with E-state index in [0.29, 0.717) is 56.8 Å². The molecule has 0 aliphatic rings. The molecular formula is C30H25N9O3. The predicted octanol–water partition coefficient (Wildman–Crippen LogP) is 4.97. The third-order valence-electron chi connectivity index (χ3n) is 7.14. The summed E-state index contributed by atoms with van der Waals surface area (Å²) < 4.78 is 8.83. The first-order chi connectivity index (χ1) is 20.4. The smallest absolute Gasteiger partial charge is 0.282 e. The van der Waals surface area contributed by atoms with Crippen molar-refractivity contribution in [3.05, 3.63) is 101 Å². The molecule has 12 heteroatoms. The summed E-state index contributed by atoms with van der Waals surface area (Å²) in [5.74, 6) is 1.79. The topological polar surface area (TPSA) is 152 Å². The van der Waals surface area contributed by atoms with Crippen molar-refractivity contribution in [1.82, 2.24) is 39.3 Å². The van der Waals surface area contributed by atoms with Crippen LogP contribution in [0.4, 0.5) is 5.82 Å². The van der Waals surface area contributed by atoms with Gasteiger partial charge in [0.1, 0.15) is 29.1 Å². The zero-order valence-corrected chi connectivity index (χ0v) is 22.9. The SMILES string of the molecule is Cc1nnc(-c2cc(O)cc(-c3c[nH]c4ncnc(N[C@@H](C)c5nn6ccc(C)c6c(=O)n5-c5ccccc5)c34)c2)o1. The van der Waals surface area contributed by atoms with Crippen LogP contribution in [-0.2, 0) is 0 Å². The van der Waals surface area contributed by atoms with E-state index in [-0.39, 0.29) is 11.3 Å². The molecule has 0 aliphatic heterocycles. The van der Waals surface area contributed by atoms with Crippen molar-refractivity contribution in [1.29, 1.82) is 0 Å². The maximum absolute atomic E-state index is 13.8. The van der Waals surface area contributed by atoms with Gasteiger partial charge < -0.3 is 19.8 Å². The number of aromatic nitrogens is 8. The normalized spacial score (nSPS) is 12.3. The number of H-pyrrole nitrogens is 1. The van der Waals surface area contributed by atoms with E-state index in [4.69, 9.17) is 9.52 Å². The summed E-state index contributed by atoms with van der Waals surface area (Å²) in [5, 5.41) is 27.6. The Morgan fingerprint density at radius 3 is 2.62 bits per heavy atom. The number of anilines is 1. The number of hydrogen-bond donors (Lipinski definition) is 3. The van der Waals surface area contributed by atoms with Gasteiger partial charge in [-0.25, -0.2) is 14.5 Å². The van der Waals surface area contributed by atoms with Gasteiger partial charge in [0, 0.05) is 30.4 Å². The second kappa shape index (κ2) is 9.70. The lowest BCUT2D eigenvalue weighted by Gasteiger charge is -2.20. The fraction of sp³-hybridized carbons (Fsp3) is 0.133. The largest absolute Gasteiger partial charge is 0.508 e. The number of aromatic hydroxyl groups is 1. The second-order valence-corrected chi connectivity index (χ2v) is 10.0. The Balaban J connectivity index is 1.35. The van der Waals surface area contributed by atoms with Crippen molar-refractivity contribution < 1.29 is 9.52 Å². The van der Waals surface area contributed by atoms with Gasteiger partial charge in [0.2, 0.25) is 11.8 Å². The molecule has 0 fully saturated rings. The van der Waals surface area contributed by atoms with Crippen molar-refractivity contribution in [2.45, 2.75) is 26.8 Å². The summed E-state index contributed by atoms with van der Waals surface area (Å²) >= 11 is 0. The van der Waals surface area contributed by atoms with Crippen LogP contribution in [0.15, 0.2) is 82.5 Å². The number of nitrogens with zero attached hydrogens (tertiary/aromatic N) is 7. The molecule has 208 valence electrons. The fourth-order valence-electron chi connectivity index (χ4n) is 5.21. The van der Waals surface area contributed by atoms with Gasteiger partial charge in [-0.1, -0.05) is 18.2 Å². The average molecular weight is 560 g/mol. The Morgan fingerprint density at radius 2 is 1.83 bits per heavy atom. The number of phenolic OH excluding ortho intramolecular Hbond substituents is 1. The van der Waals surface area contributed by atoms with Crippen LogP contribution in [0.2, 0.25) is 0 Å². The van der Waals surface area contributed by atoms with Crippen LogP contribution in [0.25, 0.3) is 44.8 Å². The van der Waals surface area contributed by atoms with E-state index in [2.05, 4.69) is 30.5 Å². The van der Waals surface area contributed by atoms with Crippen LogP contribution < -0.4 is 10.9 Å². The van der Waals surface area contributed by atoms with Gasteiger partial charge in [-0.15, -0.1) is 10.2 Å². The summed E-state index contributed by atoms with van der Waals surface area (Å²) in [6.07, 6.45) is 5.05. The maximum atomic E-state index is 13.8. The molecular weight excluding hydrogens is 534 g/mol. The molecule has 2 aromatic carbocycles. The minimum atomic E-state index is -0.452. The molecule has 7 aromatic rings. The molecule has 0 radical (unpaired) electrons. The average Bonchev–Trinajstić information content (AvgIpc) is 3.72. The molecule has 0 saturated heterocycles. The Labute approximate surface area is 238 Å². The second-order valence-electron chi connectivity index (χ2n) is 10.0. The molecule has 12 nitrogen and oxygen atoms in total. The van der Waals surface area contributed by atoms with Crippen molar-refractivity contribution in [2.24, 2.45) is 0 Å². The molecule has 0 spiro atoms. The van der Waals surface area contributed by atoms with E-state index in [0.717, 1.165) is 11.1 Å². The first-order valence-corrected chi connectivity index (χ1v) is 13.3. The molecule has 3 N–H and O–H groups in total. The molecule has 1 atom stereocenters. The summed E-state index contributed by atoms with van der Waals surface area (Å²) in [6.45, 7) is 5.53. The molecule has 0 amide bonds. The van der Waals surface area contributed by atoms with Crippen molar-refractivity contribution in [3.8, 4) is 34.0 Å². The number of hydrogen-bond acceptors (Lipinski definition) is 9. The molecule has 0 saturated carbocycles. The zero-order valence-electron chi connectivity index (χ0n) is 22.9. The van der Waals surface area contributed by atoms with E-state index in [1.165, 1.54) is 6.33 Å². The van der Waals surface area contributed by atoms with Gasteiger partial charge in [0.15, 0.2) is 5.82 Å². The van der Waals surface area contributed by atoms with Gasteiger partial charge in [-0.05, 0) is 61.4 Å². The Bertz CT molecular complexity index is 2160. The van der Waals surface area contributed by atoms with Gasteiger partial charge in [-0.2, -0.15) is 5.10 Å². The number of fused-ring (bicyclic) bond motifs is 2. The lowest BCUT2D eigenvalue weighted by atomic mass is 10.0. The van der Waals surface area contributed by atoms with Gasteiger partial charge in [0.25, 0.3) is 5.56 Å². The zero-order chi connectivity index (χ0) is 29.0. The lowest BCUT2D eigenvalue weighted by molar-refractivity contribution is 0.475. The number of benzene rings is 2. The Morgan fingerprint density at radius 1 is 1.02 bits per heavy atom. The van der Waals surface area contributed by atoms with Crippen LogP contribution in [0, 0.1) is 13.8 Å². The van der Waals surface area contributed by atoms with Gasteiger partial charge in [-0.3, -0.25) is 9.36 Å². The monoisotopic (exact) mass is 559 g/mol. The molecule has 42 heavy (non-hydrogen) atoms. The summed E-state index contributed by atoms with van der Waals surface area (Å²) in [5.41, 5.74) is 4.52. The van der Waals surface area contributed by atoms with E-state index < -0.39 is 6.04 Å². The summed E-state index contributed by atoms with van der Waals surface area (Å²) in [4.78, 5) is 26.0. The molecule has 0 unspecified atom stereocenters. The van der Waals surface area contributed by atoms with Crippen LogP contribution in [-0.4, -0.2) is 44.4 Å². The highest BCUT2D eigenvalue weighted by Gasteiger charge is 2.22. The van der Waals surface area contributed by atoms with Crippen molar-refractivity contribution >= 4 is 22.4 Å². The molecule has 0 aliphatic carbocycles. The van der Waals surface area contributed by atoms with E-state index in [9.17, 15) is 9.90 Å². The first-order valence-electron chi connectivity index (χ1n) is 13.3. The van der Waals surface area contributed by atoms with E-state index in [1.807, 2.05) is 56.3 Å². The fourth-order valence-corrected chi connectivity index (χ4v) is 5.21. The minimum Gasteiger partial charge on any atom is -0.508 e. The van der Waals surface area contributed by atoms with Crippen LogP contribution in [0.1, 0.15) is 30.2 Å². The van der Waals surface area contributed by atoms with Crippen molar-refractivity contribution in [3.63, 3.8) is 0 Å². The summed E-state index contributed by atoms with van der Waals surface area (Å²) in [6, 6.07) is 15.9. The number of rotatable bonds is 6. The highest BCUT2D eigenvalue weighted by Crippen LogP contribution is 2.37. The first kappa shape index (κ1) is 25.2. The molecule has 7 rings (SSSR count). The molecule has 5 heterocycles. The van der Waals surface area contributed by atoms with Gasteiger partial charge >= 0.3 is 0 Å². The quantitative estimate of drug-likeness (QED) is 0.256. The van der Waals surface area contributed by atoms with E-state index >= 15 is 0 Å². The van der Waals surface area contributed by atoms with Crippen LogP contribution in [0.5, 0.6) is 5.75 Å². The predicted molar refractivity (Wildman–Crippen MR) is 157 cm³/mol. The maximum Gasteiger partial charge on any atom is 0.282 e. The molecule has 5 aromatic heterocycles. The highest BCUT2D eigenvalue weighted by molar-refractivity contribution is 6.01. The molecule has 0 bridgehead atoms. The Kier molecular flexibility index (Phi) is 5.82. The number of nitrogens with one attached hydrogen (secondary N) is 2. The van der Waals surface area contributed by atoms with E-state index in [1.54, 1.807) is 40.5 Å². The number of phenols is 1. The Hall–Kier alpha value is -5.78. The third-order valence-corrected chi connectivity index (χ3v) is 7.14. The van der Waals surface area contributed by atoms with Crippen molar-refractivity contribution in [2.75, 3.05) is 5.32 Å². The van der Waals surface area contributed by atoms with Crippen LogP contribution >= 0.6 is 0 Å². The third kappa shape index (κ3) is 4.17. The number of para-hydroxylation sites is 1. The minimum absolute atomic E-state index is 0.0406. The lowest BCUT2D eigenvalue weighted by Crippen LogP contribution is -2.29. The summed E-state index contributed by atoms with van der Waals surface area (Å²) in [7, 11) is 0. The highest BCUT2D eigenvalue weighted by atomic mass is 16.4. The van der Waals surface area contributed by atoms with Gasteiger partial charge in [0.05, 0.1) is 17.1 Å². The van der Waals surface area contributed by atoms with Crippen LogP contribution in [0.3, 0.4) is 0 Å².